The first kappa shape index (κ1) is 16.7. The van der Waals surface area contributed by atoms with Gasteiger partial charge in [0, 0.05) is 31.2 Å². The van der Waals surface area contributed by atoms with Crippen molar-refractivity contribution >= 4 is 5.91 Å². The third-order valence-corrected chi connectivity index (χ3v) is 4.95. The monoisotopic (exact) mass is 327 g/mol. The standard InChI is InChI=1S/C19H25N3O2/c1-14-12-16(15(2)22(14)17-8-4-7-11-20-17)18(23)21(3)13-19(24)9-5-6-10-19/h4,7-8,11-12,24H,5-6,9-10,13H2,1-3H3. The first-order valence-corrected chi connectivity index (χ1v) is 8.49. The van der Waals surface area contributed by atoms with Crippen molar-refractivity contribution in [3.05, 3.63) is 47.4 Å². The van der Waals surface area contributed by atoms with Crippen molar-refractivity contribution in [3.8, 4) is 5.82 Å². The van der Waals surface area contributed by atoms with Crippen molar-refractivity contribution in [2.45, 2.75) is 45.1 Å². The highest BCUT2D eigenvalue weighted by Crippen LogP contribution is 2.30. The number of carbonyl (C=O) groups excluding carboxylic acids is 1. The number of hydrogen-bond donors (Lipinski definition) is 1. The average Bonchev–Trinajstić information content (AvgIpc) is 3.11. The van der Waals surface area contributed by atoms with Gasteiger partial charge in [-0.3, -0.25) is 4.79 Å². The molecule has 24 heavy (non-hydrogen) atoms. The Hall–Kier alpha value is -2.14. The van der Waals surface area contributed by atoms with E-state index >= 15 is 0 Å². The Morgan fingerprint density at radius 3 is 2.67 bits per heavy atom. The highest BCUT2D eigenvalue weighted by Gasteiger charge is 2.34. The molecule has 1 fully saturated rings. The van der Waals surface area contributed by atoms with Gasteiger partial charge < -0.3 is 14.6 Å². The van der Waals surface area contributed by atoms with Gasteiger partial charge in [0.25, 0.3) is 5.91 Å². The molecule has 0 unspecified atom stereocenters. The second-order valence-corrected chi connectivity index (χ2v) is 6.90. The normalized spacial score (nSPS) is 16.3. The fourth-order valence-corrected chi connectivity index (χ4v) is 3.73. The van der Waals surface area contributed by atoms with E-state index in [-0.39, 0.29) is 5.91 Å². The van der Waals surface area contributed by atoms with Gasteiger partial charge in [0.15, 0.2) is 0 Å². The van der Waals surface area contributed by atoms with Crippen molar-refractivity contribution in [3.63, 3.8) is 0 Å². The van der Waals surface area contributed by atoms with Crippen LogP contribution in [0.1, 0.15) is 47.4 Å². The maximum Gasteiger partial charge on any atom is 0.255 e. The number of nitrogens with zero attached hydrogens (tertiary/aromatic N) is 3. The van der Waals surface area contributed by atoms with Gasteiger partial charge in [0.1, 0.15) is 5.82 Å². The average molecular weight is 327 g/mol. The largest absolute Gasteiger partial charge is 0.388 e. The van der Waals surface area contributed by atoms with E-state index in [4.69, 9.17) is 0 Å². The minimum absolute atomic E-state index is 0.0504. The van der Waals surface area contributed by atoms with Crippen LogP contribution in [0, 0.1) is 13.8 Å². The zero-order valence-electron chi connectivity index (χ0n) is 14.6. The SMILES string of the molecule is Cc1cc(C(=O)N(C)CC2(O)CCCC2)c(C)n1-c1ccccn1. The third-order valence-electron chi connectivity index (χ3n) is 4.95. The summed E-state index contributed by atoms with van der Waals surface area (Å²) in [5.74, 6) is 0.759. The van der Waals surface area contributed by atoms with Gasteiger partial charge in [-0.15, -0.1) is 0 Å². The molecule has 5 nitrogen and oxygen atoms in total. The third kappa shape index (κ3) is 3.08. The molecule has 2 aromatic heterocycles. The van der Waals surface area contributed by atoms with Crippen LogP contribution in [0.15, 0.2) is 30.5 Å². The van der Waals surface area contributed by atoms with E-state index in [0.717, 1.165) is 42.9 Å². The number of aliphatic hydroxyl groups is 1. The summed E-state index contributed by atoms with van der Waals surface area (Å²) in [6.07, 6.45) is 5.37. The molecule has 0 spiro atoms. The summed E-state index contributed by atoms with van der Waals surface area (Å²) < 4.78 is 1.99. The number of amides is 1. The number of carbonyl (C=O) groups is 1. The molecule has 1 saturated carbocycles. The van der Waals surface area contributed by atoms with Gasteiger partial charge in [0.2, 0.25) is 0 Å². The van der Waals surface area contributed by atoms with Crippen LogP contribution in [0.2, 0.25) is 0 Å². The molecule has 0 radical (unpaired) electrons. The van der Waals surface area contributed by atoms with E-state index in [9.17, 15) is 9.90 Å². The molecular weight excluding hydrogens is 302 g/mol. The van der Waals surface area contributed by atoms with E-state index in [1.807, 2.05) is 42.7 Å². The van der Waals surface area contributed by atoms with Gasteiger partial charge >= 0.3 is 0 Å². The van der Waals surface area contributed by atoms with Gasteiger partial charge in [-0.05, 0) is 44.9 Å². The Morgan fingerprint density at radius 1 is 1.33 bits per heavy atom. The summed E-state index contributed by atoms with van der Waals surface area (Å²) in [5, 5.41) is 10.6. The summed E-state index contributed by atoms with van der Waals surface area (Å²) in [7, 11) is 1.77. The van der Waals surface area contributed by atoms with Gasteiger partial charge in [-0.1, -0.05) is 18.9 Å². The van der Waals surface area contributed by atoms with Crippen molar-refractivity contribution < 1.29 is 9.90 Å². The first-order chi connectivity index (χ1) is 11.4. The number of hydrogen-bond acceptors (Lipinski definition) is 3. The minimum atomic E-state index is -0.725. The van der Waals surface area contributed by atoms with Crippen molar-refractivity contribution in [1.29, 1.82) is 0 Å². The van der Waals surface area contributed by atoms with Gasteiger partial charge in [-0.2, -0.15) is 0 Å². The molecule has 2 heterocycles. The summed E-state index contributed by atoms with van der Waals surface area (Å²) in [5.41, 5.74) is 1.79. The molecule has 0 saturated heterocycles. The van der Waals surface area contributed by atoms with Crippen molar-refractivity contribution in [1.82, 2.24) is 14.5 Å². The zero-order chi connectivity index (χ0) is 17.3. The van der Waals surface area contributed by atoms with E-state index in [2.05, 4.69) is 4.98 Å². The fraction of sp³-hybridized carbons (Fsp3) is 0.474. The Balaban J connectivity index is 1.86. The van der Waals surface area contributed by atoms with E-state index in [0.29, 0.717) is 12.1 Å². The molecule has 3 rings (SSSR count). The Labute approximate surface area is 142 Å². The smallest absolute Gasteiger partial charge is 0.255 e. The summed E-state index contributed by atoms with van der Waals surface area (Å²) in [6.45, 7) is 4.30. The fourth-order valence-electron chi connectivity index (χ4n) is 3.73. The number of aromatic nitrogens is 2. The molecule has 5 heteroatoms. The molecule has 1 amide bonds. The molecule has 1 aliphatic carbocycles. The summed E-state index contributed by atoms with van der Waals surface area (Å²) >= 11 is 0. The van der Waals surface area contributed by atoms with Crippen LogP contribution in [0.3, 0.4) is 0 Å². The highest BCUT2D eigenvalue weighted by atomic mass is 16.3. The summed E-state index contributed by atoms with van der Waals surface area (Å²) in [4.78, 5) is 18.9. The number of rotatable bonds is 4. The lowest BCUT2D eigenvalue weighted by molar-refractivity contribution is 0.0156. The van der Waals surface area contributed by atoms with Crippen LogP contribution in [0.25, 0.3) is 5.82 Å². The second-order valence-electron chi connectivity index (χ2n) is 6.90. The minimum Gasteiger partial charge on any atom is -0.388 e. The van der Waals surface area contributed by atoms with Gasteiger partial charge in [0.05, 0.1) is 11.2 Å². The number of aryl methyl sites for hydroxylation is 1. The van der Waals surface area contributed by atoms with Crippen LogP contribution in [0.4, 0.5) is 0 Å². The Bertz CT molecular complexity index is 731. The van der Waals surface area contributed by atoms with Crippen LogP contribution in [0.5, 0.6) is 0 Å². The topological polar surface area (TPSA) is 58.4 Å². The predicted molar refractivity (Wildman–Crippen MR) is 93.4 cm³/mol. The number of pyridine rings is 1. The molecule has 2 aromatic rings. The quantitative estimate of drug-likeness (QED) is 0.939. The molecule has 0 aliphatic heterocycles. The predicted octanol–water partition coefficient (Wildman–Crippen LogP) is 2.87. The highest BCUT2D eigenvalue weighted by molar-refractivity contribution is 5.95. The molecule has 0 bridgehead atoms. The van der Waals surface area contributed by atoms with Crippen LogP contribution in [-0.4, -0.2) is 44.7 Å². The molecule has 0 aromatic carbocycles. The number of likely N-dealkylation sites (N-methyl/N-ethyl adjacent to an activating group) is 1. The summed E-state index contributed by atoms with van der Waals surface area (Å²) in [6, 6.07) is 7.64. The molecule has 0 atom stereocenters. The lowest BCUT2D eigenvalue weighted by Crippen LogP contribution is -2.42. The van der Waals surface area contributed by atoms with E-state index in [1.165, 1.54) is 0 Å². The second kappa shape index (κ2) is 6.40. The molecule has 1 N–H and O–H groups in total. The van der Waals surface area contributed by atoms with E-state index < -0.39 is 5.60 Å². The van der Waals surface area contributed by atoms with Gasteiger partial charge in [-0.25, -0.2) is 4.98 Å². The van der Waals surface area contributed by atoms with Crippen LogP contribution in [-0.2, 0) is 0 Å². The van der Waals surface area contributed by atoms with Crippen LogP contribution < -0.4 is 0 Å². The molecular formula is C19H25N3O2. The Kier molecular flexibility index (Phi) is 4.45. The maximum absolute atomic E-state index is 12.9. The molecule has 1 aliphatic rings. The van der Waals surface area contributed by atoms with Crippen LogP contribution >= 0.6 is 0 Å². The zero-order valence-corrected chi connectivity index (χ0v) is 14.6. The first-order valence-electron chi connectivity index (χ1n) is 8.49. The Morgan fingerprint density at radius 2 is 2.04 bits per heavy atom. The van der Waals surface area contributed by atoms with Crippen molar-refractivity contribution in [2.24, 2.45) is 0 Å². The maximum atomic E-state index is 12.9. The lowest BCUT2D eigenvalue weighted by Gasteiger charge is -2.28. The van der Waals surface area contributed by atoms with E-state index in [1.54, 1.807) is 18.1 Å². The van der Waals surface area contributed by atoms with Crippen molar-refractivity contribution in [2.75, 3.05) is 13.6 Å². The molecule has 128 valence electrons. The lowest BCUT2D eigenvalue weighted by atomic mass is 10.0.